The van der Waals surface area contributed by atoms with Gasteiger partial charge < -0.3 is 26.0 Å². The number of morpholine rings is 1. The van der Waals surface area contributed by atoms with E-state index >= 15 is 0 Å². The number of hydrogen-bond donors (Lipinski definition) is 4. The molecule has 4 rings (SSSR count). The first-order valence-corrected chi connectivity index (χ1v) is 11.8. The second-order valence-corrected chi connectivity index (χ2v) is 8.66. The van der Waals surface area contributed by atoms with Crippen molar-refractivity contribution < 1.29 is 14.3 Å². The number of carbonyl (C=O) groups excluding carboxylic acids is 2. The Balaban J connectivity index is 1.67. The van der Waals surface area contributed by atoms with Gasteiger partial charge >= 0.3 is 0 Å². The molecule has 1 aliphatic heterocycles. The first-order chi connectivity index (χ1) is 17.0. The topological polar surface area (TPSA) is 122 Å². The number of ether oxygens (including phenoxy) is 1. The van der Waals surface area contributed by atoms with Gasteiger partial charge in [0.25, 0.3) is 5.91 Å². The van der Waals surface area contributed by atoms with Gasteiger partial charge in [0.1, 0.15) is 5.82 Å². The molecule has 184 valence electrons. The third-order valence-corrected chi connectivity index (χ3v) is 6.00. The van der Waals surface area contributed by atoms with Crippen LogP contribution in [0.4, 0.5) is 11.5 Å². The van der Waals surface area contributed by atoms with E-state index in [1.165, 1.54) is 6.08 Å². The second kappa shape index (κ2) is 11.2. The molecule has 0 radical (unpaired) electrons. The minimum absolute atomic E-state index is 0.0786. The second-order valence-electron chi connectivity index (χ2n) is 8.66. The molecule has 35 heavy (non-hydrogen) atoms. The minimum atomic E-state index is -0.300. The molecular formula is C26H32N6O3. The molecule has 1 saturated carbocycles. The molecular weight excluding hydrogens is 444 g/mol. The quantitative estimate of drug-likeness (QED) is 0.324. The predicted molar refractivity (Wildman–Crippen MR) is 137 cm³/mol. The van der Waals surface area contributed by atoms with Gasteiger partial charge in [-0.15, -0.1) is 0 Å². The SMILES string of the molecule is C=CC(=O)Nc1cccc(-c2cc(C(=O)N3CCOCC3)cc(NC(/C=C(\N)C3CC3)NC)n2)c1. The molecule has 1 aromatic carbocycles. The van der Waals surface area contributed by atoms with Crippen molar-refractivity contribution in [1.29, 1.82) is 0 Å². The van der Waals surface area contributed by atoms with Gasteiger partial charge in [0, 0.05) is 35.6 Å². The molecule has 1 atom stereocenters. The number of nitrogens with one attached hydrogen (secondary N) is 3. The van der Waals surface area contributed by atoms with Gasteiger partial charge in [0.05, 0.1) is 25.1 Å². The predicted octanol–water partition coefficient (Wildman–Crippen LogP) is 2.56. The zero-order chi connectivity index (χ0) is 24.8. The Hall–Kier alpha value is -3.69. The third kappa shape index (κ3) is 6.46. The summed E-state index contributed by atoms with van der Waals surface area (Å²) >= 11 is 0. The van der Waals surface area contributed by atoms with Gasteiger partial charge in [-0.1, -0.05) is 18.7 Å². The van der Waals surface area contributed by atoms with Gasteiger partial charge in [-0.3, -0.25) is 14.9 Å². The van der Waals surface area contributed by atoms with Crippen LogP contribution in [0.25, 0.3) is 11.3 Å². The number of hydrogen-bond acceptors (Lipinski definition) is 7. The fourth-order valence-corrected chi connectivity index (χ4v) is 3.88. The van der Waals surface area contributed by atoms with E-state index in [-0.39, 0.29) is 18.0 Å². The first-order valence-electron chi connectivity index (χ1n) is 11.8. The van der Waals surface area contributed by atoms with Crippen molar-refractivity contribution in [1.82, 2.24) is 15.2 Å². The van der Waals surface area contributed by atoms with Crippen molar-refractivity contribution in [3.8, 4) is 11.3 Å². The summed E-state index contributed by atoms with van der Waals surface area (Å²) in [4.78, 5) is 31.6. The number of likely N-dealkylation sites (N-methyl/N-ethyl adjacent to an activating group) is 1. The van der Waals surface area contributed by atoms with E-state index in [1.54, 1.807) is 23.1 Å². The Morgan fingerprint density at radius 1 is 1.23 bits per heavy atom. The van der Waals surface area contributed by atoms with Crippen LogP contribution >= 0.6 is 0 Å². The summed E-state index contributed by atoms with van der Waals surface area (Å²) in [7, 11) is 1.84. The maximum atomic E-state index is 13.3. The molecule has 2 aromatic rings. The molecule has 2 amide bonds. The summed E-state index contributed by atoms with van der Waals surface area (Å²) in [5, 5.41) is 9.31. The molecule has 1 saturated heterocycles. The number of pyridine rings is 1. The summed E-state index contributed by atoms with van der Waals surface area (Å²) < 4.78 is 5.40. The maximum absolute atomic E-state index is 13.3. The van der Waals surface area contributed by atoms with Crippen LogP contribution in [0.2, 0.25) is 0 Å². The van der Waals surface area contributed by atoms with Crippen LogP contribution in [0, 0.1) is 5.92 Å². The third-order valence-electron chi connectivity index (χ3n) is 6.00. The van der Waals surface area contributed by atoms with Crippen molar-refractivity contribution in [3.63, 3.8) is 0 Å². The maximum Gasteiger partial charge on any atom is 0.254 e. The molecule has 1 aromatic heterocycles. The number of carbonyl (C=O) groups is 2. The first kappa shape index (κ1) is 24.4. The van der Waals surface area contributed by atoms with E-state index in [0.717, 1.165) is 24.1 Å². The minimum Gasteiger partial charge on any atom is -0.402 e. The van der Waals surface area contributed by atoms with Crippen molar-refractivity contribution >= 4 is 23.3 Å². The van der Waals surface area contributed by atoms with Crippen LogP contribution in [0.15, 0.2) is 60.8 Å². The zero-order valence-electron chi connectivity index (χ0n) is 19.9. The molecule has 5 N–H and O–H groups in total. The largest absolute Gasteiger partial charge is 0.402 e. The molecule has 0 spiro atoms. The molecule has 0 bridgehead atoms. The number of rotatable bonds is 9. The number of benzene rings is 1. The summed E-state index contributed by atoms with van der Waals surface area (Å²) in [6.45, 7) is 5.62. The standard InChI is InChI=1S/C26H32N6O3/c1-3-25(33)29-20-6-4-5-18(13-20)22-14-19(26(34)32-9-11-35-12-10-32)15-24(30-22)31-23(28-2)16-21(27)17-7-8-17/h3-6,13-17,23,28H,1,7-12,27H2,2H3,(H,29,33)(H,30,31)/b21-16-. The monoisotopic (exact) mass is 476 g/mol. The van der Waals surface area contributed by atoms with E-state index in [1.807, 2.05) is 31.3 Å². The van der Waals surface area contributed by atoms with Gasteiger partial charge in [0.15, 0.2) is 0 Å². The average molecular weight is 477 g/mol. The van der Waals surface area contributed by atoms with E-state index in [0.29, 0.717) is 55.0 Å². The van der Waals surface area contributed by atoms with Crippen LogP contribution in [0.3, 0.4) is 0 Å². The van der Waals surface area contributed by atoms with Gasteiger partial charge in [0.2, 0.25) is 5.91 Å². The fourth-order valence-electron chi connectivity index (χ4n) is 3.88. The summed E-state index contributed by atoms with van der Waals surface area (Å²) in [6, 6.07) is 10.9. The summed E-state index contributed by atoms with van der Waals surface area (Å²) in [5.41, 5.74) is 9.58. The lowest BCUT2D eigenvalue weighted by molar-refractivity contribution is -0.111. The van der Waals surface area contributed by atoms with Crippen LogP contribution in [-0.2, 0) is 9.53 Å². The molecule has 2 heterocycles. The Labute approximate surface area is 205 Å². The van der Waals surface area contributed by atoms with Crippen LogP contribution in [-0.4, -0.2) is 61.2 Å². The van der Waals surface area contributed by atoms with Crippen molar-refractivity contribution in [2.24, 2.45) is 11.7 Å². The Morgan fingerprint density at radius 2 is 2.00 bits per heavy atom. The van der Waals surface area contributed by atoms with Gasteiger partial charge in [-0.05, 0) is 62.2 Å². The fraction of sp³-hybridized carbons (Fsp3) is 0.346. The summed E-state index contributed by atoms with van der Waals surface area (Å²) in [5.74, 6) is 0.605. The van der Waals surface area contributed by atoms with E-state index in [4.69, 9.17) is 15.5 Å². The number of nitrogens with two attached hydrogens (primary N) is 1. The zero-order valence-corrected chi connectivity index (χ0v) is 19.9. The molecule has 1 unspecified atom stereocenters. The smallest absolute Gasteiger partial charge is 0.254 e. The molecule has 9 nitrogen and oxygen atoms in total. The number of anilines is 2. The van der Waals surface area contributed by atoms with E-state index < -0.39 is 0 Å². The van der Waals surface area contributed by atoms with Crippen molar-refractivity contribution in [2.75, 3.05) is 44.0 Å². The normalized spacial score (nSPS) is 16.9. The number of amides is 2. The molecule has 1 aliphatic carbocycles. The van der Waals surface area contributed by atoms with Gasteiger partial charge in [-0.2, -0.15) is 0 Å². The highest BCUT2D eigenvalue weighted by atomic mass is 16.5. The highest BCUT2D eigenvalue weighted by molar-refractivity contribution is 5.99. The van der Waals surface area contributed by atoms with E-state index in [9.17, 15) is 9.59 Å². The van der Waals surface area contributed by atoms with Crippen LogP contribution < -0.4 is 21.7 Å². The van der Waals surface area contributed by atoms with Gasteiger partial charge in [-0.25, -0.2) is 4.98 Å². The Bertz CT molecular complexity index is 1120. The van der Waals surface area contributed by atoms with Crippen LogP contribution in [0.5, 0.6) is 0 Å². The lowest BCUT2D eigenvalue weighted by Crippen LogP contribution is -2.40. The number of allylic oxidation sites excluding steroid dienone is 1. The average Bonchev–Trinajstić information content (AvgIpc) is 3.74. The lowest BCUT2D eigenvalue weighted by atomic mass is 10.1. The number of nitrogens with zero attached hydrogens (tertiary/aromatic N) is 2. The molecule has 9 heteroatoms. The Kier molecular flexibility index (Phi) is 7.79. The highest BCUT2D eigenvalue weighted by Crippen LogP contribution is 2.34. The molecule has 2 aliphatic rings. The summed E-state index contributed by atoms with van der Waals surface area (Å²) in [6.07, 6.45) is 5.16. The highest BCUT2D eigenvalue weighted by Gasteiger charge is 2.25. The molecule has 2 fully saturated rings. The number of aromatic nitrogens is 1. The Morgan fingerprint density at radius 3 is 2.69 bits per heavy atom. The lowest BCUT2D eigenvalue weighted by Gasteiger charge is -2.27. The van der Waals surface area contributed by atoms with Crippen LogP contribution in [0.1, 0.15) is 23.2 Å². The van der Waals surface area contributed by atoms with E-state index in [2.05, 4.69) is 22.5 Å². The van der Waals surface area contributed by atoms with Crippen molar-refractivity contribution in [2.45, 2.75) is 19.0 Å². The van der Waals surface area contributed by atoms with Crippen molar-refractivity contribution in [3.05, 3.63) is 66.4 Å².